The van der Waals surface area contributed by atoms with E-state index in [1.54, 1.807) is 36.7 Å². The van der Waals surface area contributed by atoms with Gasteiger partial charge >= 0.3 is 0 Å². The average Bonchev–Trinajstić information content (AvgIpc) is 2.56. The monoisotopic (exact) mass is 309 g/mol. The average molecular weight is 309 g/mol. The summed E-state index contributed by atoms with van der Waals surface area (Å²) >= 11 is 0. The third-order valence-electron chi connectivity index (χ3n) is 3.57. The zero-order valence-corrected chi connectivity index (χ0v) is 12.9. The number of aromatic amines is 1. The van der Waals surface area contributed by atoms with Gasteiger partial charge in [0.05, 0.1) is 11.3 Å². The second-order valence-corrected chi connectivity index (χ2v) is 5.57. The number of benzene rings is 1. The molecule has 3 aromatic rings. The maximum atomic E-state index is 13.2. The Hall–Kier alpha value is -2.82. The van der Waals surface area contributed by atoms with Crippen LogP contribution in [0.25, 0.3) is 22.4 Å². The van der Waals surface area contributed by atoms with Gasteiger partial charge in [0.15, 0.2) is 0 Å². The van der Waals surface area contributed by atoms with Crippen LogP contribution in [-0.4, -0.2) is 15.0 Å². The minimum absolute atomic E-state index is 0.0885. The molecule has 0 unspecified atom stereocenters. The highest BCUT2D eigenvalue weighted by Crippen LogP contribution is 2.28. The third-order valence-corrected chi connectivity index (χ3v) is 3.57. The van der Waals surface area contributed by atoms with Crippen molar-refractivity contribution in [3.8, 4) is 22.4 Å². The number of H-pyrrole nitrogens is 1. The molecule has 0 radical (unpaired) electrons. The second kappa shape index (κ2) is 6.12. The number of aromatic nitrogens is 3. The predicted molar refractivity (Wildman–Crippen MR) is 87.6 cm³/mol. The van der Waals surface area contributed by atoms with Gasteiger partial charge in [-0.2, -0.15) is 0 Å². The molecule has 0 aliphatic heterocycles. The quantitative estimate of drug-likeness (QED) is 0.801. The molecule has 0 aliphatic rings. The van der Waals surface area contributed by atoms with Gasteiger partial charge in [0.25, 0.3) is 5.56 Å². The minimum atomic E-state index is -0.345. The first-order valence-corrected chi connectivity index (χ1v) is 7.37. The van der Waals surface area contributed by atoms with Crippen molar-refractivity contribution in [2.75, 3.05) is 0 Å². The molecule has 0 aliphatic carbocycles. The van der Waals surface area contributed by atoms with Crippen molar-refractivity contribution >= 4 is 0 Å². The van der Waals surface area contributed by atoms with E-state index in [-0.39, 0.29) is 17.3 Å². The second-order valence-electron chi connectivity index (χ2n) is 5.57. The number of nitrogens with one attached hydrogen (secondary N) is 1. The van der Waals surface area contributed by atoms with Crippen LogP contribution in [0.4, 0.5) is 4.39 Å². The molecular formula is C18H16FN3O. The molecule has 3 rings (SSSR count). The number of rotatable bonds is 3. The van der Waals surface area contributed by atoms with E-state index in [4.69, 9.17) is 0 Å². The fraction of sp³-hybridized carbons (Fsp3) is 0.167. The molecule has 23 heavy (non-hydrogen) atoms. The third kappa shape index (κ3) is 3.04. The van der Waals surface area contributed by atoms with Gasteiger partial charge in [-0.15, -0.1) is 0 Å². The highest BCUT2D eigenvalue weighted by molar-refractivity contribution is 5.79. The van der Waals surface area contributed by atoms with Crippen molar-refractivity contribution in [3.05, 3.63) is 70.8 Å². The van der Waals surface area contributed by atoms with Crippen LogP contribution < -0.4 is 5.56 Å². The summed E-state index contributed by atoms with van der Waals surface area (Å²) in [5.41, 5.74) is 2.20. The molecule has 4 nitrogen and oxygen atoms in total. The van der Waals surface area contributed by atoms with Gasteiger partial charge in [-0.05, 0) is 29.8 Å². The van der Waals surface area contributed by atoms with Crippen LogP contribution in [0.1, 0.15) is 25.6 Å². The van der Waals surface area contributed by atoms with E-state index in [2.05, 4.69) is 15.0 Å². The Morgan fingerprint density at radius 2 is 1.65 bits per heavy atom. The Labute approximate surface area is 133 Å². The van der Waals surface area contributed by atoms with E-state index in [1.165, 1.54) is 12.1 Å². The highest BCUT2D eigenvalue weighted by atomic mass is 19.1. The summed E-state index contributed by atoms with van der Waals surface area (Å²) in [4.78, 5) is 24.1. The van der Waals surface area contributed by atoms with Crippen LogP contribution >= 0.6 is 0 Å². The number of halogens is 1. The predicted octanol–water partition coefficient (Wildman–Crippen LogP) is 3.76. The Morgan fingerprint density at radius 1 is 1.00 bits per heavy atom. The zero-order chi connectivity index (χ0) is 16.4. The molecule has 1 aromatic carbocycles. The van der Waals surface area contributed by atoms with Crippen LogP contribution in [0.5, 0.6) is 0 Å². The van der Waals surface area contributed by atoms with Crippen LogP contribution in [0, 0.1) is 5.82 Å². The summed E-state index contributed by atoms with van der Waals surface area (Å²) in [6, 6.07) is 9.45. The SMILES string of the molecule is CC(C)c1nc(-c2ccncc2)c(-c2ccc(F)cc2)c(=O)[nH]1. The van der Waals surface area contributed by atoms with E-state index >= 15 is 0 Å². The molecule has 0 atom stereocenters. The first-order chi connectivity index (χ1) is 11.1. The number of hydrogen-bond donors (Lipinski definition) is 1. The molecule has 2 heterocycles. The van der Waals surface area contributed by atoms with Crippen LogP contribution in [0.3, 0.4) is 0 Å². The van der Waals surface area contributed by atoms with E-state index in [1.807, 2.05) is 13.8 Å². The summed E-state index contributed by atoms with van der Waals surface area (Å²) in [6.45, 7) is 3.93. The molecule has 2 aromatic heterocycles. The molecule has 0 saturated carbocycles. The lowest BCUT2D eigenvalue weighted by Crippen LogP contribution is -2.16. The fourth-order valence-corrected chi connectivity index (χ4v) is 2.37. The van der Waals surface area contributed by atoms with Gasteiger partial charge in [0.1, 0.15) is 11.6 Å². The molecular weight excluding hydrogens is 293 g/mol. The molecule has 0 bridgehead atoms. The minimum Gasteiger partial charge on any atom is -0.310 e. The lowest BCUT2D eigenvalue weighted by Gasteiger charge is -2.12. The van der Waals surface area contributed by atoms with Gasteiger partial charge < -0.3 is 4.98 Å². The van der Waals surface area contributed by atoms with E-state index in [0.717, 1.165) is 5.56 Å². The maximum Gasteiger partial charge on any atom is 0.259 e. The van der Waals surface area contributed by atoms with E-state index in [9.17, 15) is 9.18 Å². The zero-order valence-electron chi connectivity index (χ0n) is 12.9. The summed E-state index contributed by atoms with van der Waals surface area (Å²) < 4.78 is 13.2. The highest BCUT2D eigenvalue weighted by Gasteiger charge is 2.16. The first kappa shape index (κ1) is 15.1. The van der Waals surface area contributed by atoms with Crippen LogP contribution in [-0.2, 0) is 0 Å². The Balaban J connectivity index is 2.30. The lowest BCUT2D eigenvalue weighted by atomic mass is 10.0. The van der Waals surface area contributed by atoms with E-state index in [0.29, 0.717) is 22.6 Å². The number of nitrogens with zero attached hydrogens (tertiary/aromatic N) is 2. The largest absolute Gasteiger partial charge is 0.310 e. The maximum absolute atomic E-state index is 13.2. The summed E-state index contributed by atoms with van der Waals surface area (Å²) in [5.74, 6) is 0.362. The van der Waals surface area contributed by atoms with Crippen LogP contribution in [0.2, 0.25) is 0 Å². The van der Waals surface area contributed by atoms with Crippen molar-refractivity contribution in [1.82, 2.24) is 15.0 Å². The van der Waals surface area contributed by atoms with Gasteiger partial charge in [0.2, 0.25) is 0 Å². The Kier molecular flexibility index (Phi) is 4.02. The topological polar surface area (TPSA) is 58.6 Å². The molecule has 1 N–H and O–H groups in total. The number of hydrogen-bond acceptors (Lipinski definition) is 3. The first-order valence-electron chi connectivity index (χ1n) is 7.37. The van der Waals surface area contributed by atoms with Crippen molar-refractivity contribution in [2.45, 2.75) is 19.8 Å². The fourth-order valence-electron chi connectivity index (χ4n) is 2.37. The molecule has 0 fully saturated rings. The Bertz CT molecular complexity index is 871. The Morgan fingerprint density at radius 3 is 2.26 bits per heavy atom. The van der Waals surface area contributed by atoms with Gasteiger partial charge in [-0.1, -0.05) is 26.0 Å². The smallest absolute Gasteiger partial charge is 0.259 e. The van der Waals surface area contributed by atoms with Crippen molar-refractivity contribution in [2.24, 2.45) is 0 Å². The molecule has 0 amide bonds. The van der Waals surface area contributed by atoms with Crippen molar-refractivity contribution in [1.29, 1.82) is 0 Å². The summed E-state index contributed by atoms with van der Waals surface area (Å²) in [6.07, 6.45) is 3.31. The summed E-state index contributed by atoms with van der Waals surface area (Å²) in [5, 5.41) is 0. The van der Waals surface area contributed by atoms with Gasteiger partial charge in [-0.3, -0.25) is 9.78 Å². The normalized spacial score (nSPS) is 11.0. The molecule has 0 spiro atoms. The molecule has 0 saturated heterocycles. The van der Waals surface area contributed by atoms with E-state index < -0.39 is 0 Å². The van der Waals surface area contributed by atoms with Gasteiger partial charge in [0, 0.05) is 23.9 Å². The number of pyridine rings is 1. The molecule has 5 heteroatoms. The van der Waals surface area contributed by atoms with Gasteiger partial charge in [-0.25, -0.2) is 9.37 Å². The van der Waals surface area contributed by atoms with Crippen molar-refractivity contribution < 1.29 is 4.39 Å². The molecule has 116 valence electrons. The van der Waals surface area contributed by atoms with Crippen molar-refractivity contribution in [3.63, 3.8) is 0 Å². The summed E-state index contributed by atoms with van der Waals surface area (Å²) in [7, 11) is 0. The lowest BCUT2D eigenvalue weighted by molar-refractivity contribution is 0.628. The van der Waals surface area contributed by atoms with Crippen LogP contribution in [0.15, 0.2) is 53.6 Å². The standard InChI is InChI=1S/C18H16FN3O/c1-11(2)17-21-16(13-7-9-20-10-8-13)15(18(23)22-17)12-3-5-14(19)6-4-12/h3-11H,1-2H3,(H,21,22,23).